The lowest BCUT2D eigenvalue weighted by Crippen LogP contribution is -2.42. The van der Waals surface area contributed by atoms with Gasteiger partial charge in [0.15, 0.2) is 5.13 Å². The average molecular weight is 413 g/mol. The van der Waals surface area contributed by atoms with E-state index in [2.05, 4.69) is 48.0 Å². The van der Waals surface area contributed by atoms with Crippen LogP contribution in [0.3, 0.4) is 0 Å². The first kappa shape index (κ1) is 20.5. The third-order valence-electron chi connectivity index (χ3n) is 6.20. The molecule has 1 aromatic carbocycles. The maximum absolute atomic E-state index is 12.7. The molecule has 6 heteroatoms. The fourth-order valence-electron chi connectivity index (χ4n) is 4.95. The Kier molecular flexibility index (Phi) is 6.32. The van der Waals surface area contributed by atoms with E-state index < -0.39 is 0 Å². The lowest BCUT2D eigenvalue weighted by atomic mass is 9.98. The number of carbonyl (C=O) groups excluding carboxylic acids is 1. The third kappa shape index (κ3) is 4.87. The van der Waals surface area contributed by atoms with Crippen LogP contribution >= 0.6 is 11.3 Å². The third-order valence-corrected chi connectivity index (χ3v) is 6.95. The van der Waals surface area contributed by atoms with Gasteiger partial charge in [0.1, 0.15) is 0 Å². The van der Waals surface area contributed by atoms with Crippen molar-refractivity contribution in [2.24, 2.45) is 0 Å². The van der Waals surface area contributed by atoms with Crippen LogP contribution in [0, 0.1) is 20.8 Å². The van der Waals surface area contributed by atoms with Crippen molar-refractivity contribution in [1.29, 1.82) is 0 Å². The number of amides is 1. The highest BCUT2D eigenvalue weighted by atomic mass is 32.1. The molecule has 3 heterocycles. The quantitative estimate of drug-likeness (QED) is 0.771. The minimum Gasteiger partial charge on any atom is -0.302 e. The van der Waals surface area contributed by atoms with Crippen LogP contribution in [0.1, 0.15) is 42.4 Å². The predicted octanol–water partition coefficient (Wildman–Crippen LogP) is 4.23. The number of likely N-dealkylation sites (tertiary alicyclic amines) is 2. The summed E-state index contributed by atoms with van der Waals surface area (Å²) in [7, 11) is 0. The van der Waals surface area contributed by atoms with E-state index in [0.717, 1.165) is 18.8 Å². The number of rotatable bonds is 6. The van der Waals surface area contributed by atoms with Crippen LogP contribution in [-0.4, -0.2) is 59.5 Å². The Morgan fingerprint density at radius 1 is 1.14 bits per heavy atom. The van der Waals surface area contributed by atoms with Gasteiger partial charge in [0.2, 0.25) is 5.91 Å². The maximum atomic E-state index is 12.7. The highest BCUT2D eigenvalue weighted by Gasteiger charge is 2.28. The molecule has 29 heavy (non-hydrogen) atoms. The van der Waals surface area contributed by atoms with Crippen molar-refractivity contribution in [3.8, 4) is 11.3 Å². The second-order valence-electron chi connectivity index (χ2n) is 8.63. The van der Waals surface area contributed by atoms with Crippen LogP contribution in [0.4, 0.5) is 5.13 Å². The van der Waals surface area contributed by atoms with Gasteiger partial charge < -0.3 is 10.2 Å². The number of aryl methyl sites for hydroxylation is 3. The zero-order valence-electron chi connectivity index (χ0n) is 17.8. The molecule has 2 aliphatic rings. The lowest BCUT2D eigenvalue weighted by molar-refractivity contribution is -0.117. The largest absolute Gasteiger partial charge is 0.302 e. The van der Waals surface area contributed by atoms with Crippen molar-refractivity contribution in [3.63, 3.8) is 0 Å². The first-order chi connectivity index (χ1) is 14.0. The molecule has 1 unspecified atom stereocenters. The van der Waals surface area contributed by atoms with E-state index in [-0.39, 0.29) is 5.91 Å². The molecule has 2 fully saturated rings. The Hall–Kier alpha value is -1.76. The summed E-state index contributed by atoms with van der Waals surface area (Å²) in [6.45, 7) is 11.4. The molecule has 1 amide bonds. The molecule has 0 bridgehead atoms. The first-order valence-electron chi connectivity index (χ1n) is 10.8. The summed E-state index contributed by atoms with van der Waals surface area (Å²) in [4.78, 5) is 22.3. The second kappa shape index (κ2) is 8.94. The van der Waals surface area contributed by atoms with Gasteiger partial charge in [-0.3, -0.25) is 9.69 Å². The van der Waals surface area contributed by atoms with Gasteiger partial charge in [0.25, 0.3) is 0 Å². The molecule has 156 valence electrons. The predicted molar refractivity (Wildman–Crippen MR) is 121 cm³/mol. The summed E-state index contributed by atoms with van der Waals surface area (Å²) in [5.41, 5.74) is 5.85. The van der Waals surface area contributed by atoms with Crippen LogP contribution in [0.25, 0.3) is 11.3 Å². The molecule has 0 aliphatic carbocycles. The fraction of sp³-hybridized carbons (Fsp3) is 0.565. The van der Waals surface area contributed by atoms with Crippen molar-refractivity contribution < 1.29 is 4.79 Å². The van der Waals surface area contributed by atoms with Crippen LogP contribution in [0.15, 0.2) is 17.5 Å². The molecule has 4 rings (SSSR count). The Balaban J connectivity index is 1.37. The lowest BCUT2D eigenvalue weighted by Gasteiger charge is -2.27. The second-order valence-corrected chi connectivity index (χ2v) is 9.49. The van der Waals surface area contributed by atoms with E-state index in [1.54, 1.807) is 0 Å². The molecule has 2 aromatic rings. The van der Waals surface area contributed by atoms with Gasteiger partial charge in [-0.25, -0.2) is 4.98 Å². The number of nitrogens with zero attached hydrogens (tertiary/aromatic N) is 3. The molecule has 5 nitrogen and oxygen atoms in total. The summed E-state index contributed by atoms with van der Waals surface area (Å²) in [5, 5.41) is 5.78. The van der Waals surface area contributed by atoms with Crippen molar-refractivity contribution in [3.05, 3.63) is 34.2 Å². The van der Waals surface area contributed by atoms with Gasteiger partial charge in [0.05, 0.1) is 12.2 Å². The molecule has 0 radical (unpaired) electrons. The SMILES string of the molecule is Cc1cc(C)c(-c2csc(NC(=O)CN3CCCC3CN3CCCC3)n2)c(C)c1. The first-order valence-corrected chi connectivity index (χ1v) is 11.7. The van der Waals surface area contributed by atoms with Crippen LogP contribution in [0.2, 0.25) is 0 Å². The normalized spacial score (nSPS) is 20.4. The Labute approximate surface area is 178 Å². The minimum absolute atomic E-state index is 0.0524. The van der Waals surface area contributed by atoms with Crippen LogP contribution < -0.4 is 5.32 Å². The minimum atomic E-state index is 0.0524. The highest BCUT2D eigenvalue weighted by molar-refractivity contribution is 7.14. The molecule has 1 aromatic heterocycles. The number of aromatic nitrogens is 1. The van der Waals surface area contributed by atoms with Gasteiger partial charge in [-0.1, -0.05) is 17.7 Å². The topological polar surface area (TPSA) is 48.5 Å². The van der Waals surface area contributed by atoms with Gasteiger partial charge >= 0.3 is 0 Å². The smallest absolute Gasteiger partial charge is 0.240 e. The summed E-state index contributed by atoms with van der Waals surface area (Å²) in [6, 6.07) is 4.89. The van der Waals surface area contributed by atoms with Crippen molar-refractivity contribution in [1.82, 2.24) is 14.8 Å². The van der Waals surface area contributed by atoms with Crippen molar-refractivity contribution >= 4 is 22.4 Å². The standard InChI is InChI=1S/C23H32N4OS/c1-16-11-17(2)22(18(3)12-16)20-15-29-23(24-20)25-21(28)14-27-10-6-7-19(27)13-26-8-4-5-9-26/h11-12,15,19H,4-10,13-14H2,1-3H3,(H,24,25,28). The number of benzene rings is 1. The number of anilines is 1. The van der Waals surface area contributed by atoms with Crippen LogP contribution in [0.5, 0.6) is 0 Å². The molecule has 0 spiro atoms. The molecule has 2 saturated heterocycles. The van der Waals surface area contributed by atoms with E-state index in [4.69, 9.17) is 4.98 Å². The monoisotopic (exact) mass is 412 g/mol. The molecule has 1 atom stereocenters. The number of nitrogens with one attached hydrogen (secondary N) is 1. The van der Waals surface area contributed by atoms with Gasteiger partial charge in [-0.05, 0) is 77.2 Å². The molecule has 1 N–H and O–H groups in total. The van der Waals surface area contributed by atoms with E-state index in [0.29, 0.717) is 17.7 Å². The zero-order chi connectivity index (χ0) is 20.4. The Bertz CT molecular complexity index is 849. The van der Waals surface area contributed by atoms with Crippen LogP contribution in [-0.2, 0) is 4.79 Å². The summed E-state index contributed by atoms with van der Waals surface area (Å²) in [6.07, 6.45) is 5.04. The van der Waals surface area contributed by atoms with E-state index in [1.165, 1.54) is 72.4 Å². The van der Waals surface area contributed by atoms with E-state index >= 15 is 0 Å². The molecule has 2 aliphatic heterocycles. The van der Waals surface area contributed by atoms with Crippen molar-refractivity contribution in [2.75, 3.05) is 38.0 Å². The molecule has 0 saturated carbocycles. The van der Waals surface area contributed by atoms with E-state index in [1.807, 2.05) is 5.38 Å². The number of carbonyl (C=O) groups is 1. The maximum Gasteiger partial charge on any atom is 0.240 e. The van der Waals surface area contributed by atoms with Gasteiger partial charge in [0, 0.05) is 23.5 Å². The number of hydrogen-bond acceptors (Lipinski definition) is 5. The number of thiazole rings is 1. The zero-order valence-corrected chi connectivity index (χ0v) is 18.6. The highest BCUT2D eigenvalue weighted by Crippen LogP contribution is 2.31. The Morgan fingerprint density at radius 2 is 1.86 bits per heavy atom. The van der Waals surface area contributed by atoms with Gasteiger partial charge in [-0.2, -0.15) is 0 Å². The molecular formula is C23H32N4OS. The summed E-state index contributed by atoms with van der Waals surface area (Å²) >= 11 is 1.51. The fourth-order valence-corrected chi connectivity index (χ4v) is 5.66. The molecular weight excluding hydrogens is 380 g/mol. The number of hydrogen-bond donors (Lipinski definition) is 1. The Morgan fingerprint density at radius 3 is 2.59 bits per heavy atom. The van der Waals surface area contributed by atoms with E-state index in [9.17, 15) is 4.79 Å². The van der Waals surface area contributed by atoms with Crippen molar-refractivity contribution in [2.45, 2.75) is 52.5 Å². The summed E-state index contributed by atoms with van der Waals surface area (Å²) < 4.78 is 0. The average Bonchev–Trinajstić information content (AvgIpc) is 3.39. The van der Waals surface area contributed by atoms with Gasteiger partial charge in [-0.15, -0.1) is 11.3 Å². The summed E-state index contributed by atoms with van der Waals surface area (Å²) in [5.74, 6) is 0.0524.